The topological polar surface area (TPSA) is 62.5 Å². The number of nitrogens with two attached hydrogens (primary N) is 1. The van der Waals surface area contributed by atoms with Crippen LogP contribution in [0.25, 0.3) is 10.9 Å². The first-order valence-electron chi connectivity index (χ1n) is 12.9. The first kappa shape index (κ1) is 24.6. The number of hydrogen-bond donors (Lipinski definition) is 1. The van der Waals surface area contributed by atoms with Crippen molar-refractivity contribution in [3.63, 3.8) is 0 Å². The fourth-order valence-corrected chi connectivity index (χ4v) is 6.48. The second kappa shape index (κ2) is 10.9. The Kier molecular flexibility index (Phi) is 7.46. The lowest BCUT2D eigenvalue weighted by Crippen LogP contribution is -2.47. The molecule has 36 heavy (non-hydrogen) atoms. The van der Waals surface area contributed by atoms with Gasteiger partial charge in [0, 0.05) is 60.3 Å². The molecule has 5 rings (SSSR count). The van der Waals surface area contributed by atoms with E-state index in [9.17, 15) is 4.79 Å². The van der Waals surface area contributed by atoms with Gasteiger partial charge in [-0.15, -0.1) is 11.3 Å². The summed E-state index contributed by atoms with van der Waals surface area (Å²) in [7, 11) is 0. The molecule has 1 saturated heterocycles. The van der Waals surface area contributed by atoms with Crippen molar-refractivity contribution in [2.24, 2.45) is 5.73 Å². The van der Waals surface area contributed by atoms with Crippen LogP contribution in [0.1, 0.15) is 57.4 Å². The van der Waals surface area contributed by atoms with E-state index in [1.54, 1.807) is 0 Å². The van der Waals surface area contributed by atoms with Gasteiger partial charge >= 0.3 is 0 Å². The number of thiophene rings is 1. The van der Waals surface area contributed by atoms with Gasteiger partial charge in [0.25, 0.3) is 0 Å². The van der Waals surface area contributed by atoms with Gasteiger partial charge in [-0.05, 0) is 53.1 Å². The highest BCUT2D eigenvalue weighted by Gasteiger charge is 2.30. The molecule has 2 aromatic heterocycles. The summed E-state index contributed by atoms with van der Waals surface area (Å²) in [6.45, 7) is 9.30. The van der Waals surface area contributed by atoms with Gasteiger partial charge in [0.05, 0.1) is 11.6 Å². The number of pyridine rings is 1. The molecule has 0 aliphatic carbocycles. The van der Waals surface area contributed by atoms with Crippen LogP contribution in [-0.2, 0) is 19.4 Å². The summed E-state index contributed by atoms with van der Waals surface area (Å²) in [6, 6.07) is 19.1. The Labute approximate surface area is 217 Å². The lowest BCUT2D eigenvalue weighted by Gasteiger charge is -2.40. The molecule has 1 fully saturated rings. The molecule has 1 unspecified atom stereocenters. The quantitative estimate of drug-likeness (QED) is 0.352. The highest BCUT2D eigenvalue weighted by atomic mass is 32.1. The second-order valence-electron chi connectivity index (χ2n) is 9.45. The van der Waals surface area contributed by atoms with Gasteiger partial charge in [0.15, 0.2) is 0 Å². The Bertz CT molecular complexity index is 1340. The number of fused-ring (bicyclic) bond motifs is 1. The van der Waals surface area contributed by atoms with Gasteiger partial charge < -0.3 is 5.73 Å². The van der Waals surface area contributed by atoms with Crippen LogP contribution in [-0.4, -0.2) is 46.9 Å². The predicted octanol–water partition coefficient (Wildman–Crippen LogP) is 5.43. The lowest BCUT2D eigenvalue weighted by molar-refractivity contribution is 0.0998. The van der Waals surface area contributed by atoms with Crippen LogP contribution in [0.2, 0.25) is 0 Å². The fraction of sp³-hybridized carbons (Fsp3) is 0.333. The number of para-hydroxylation sites is 1. The van der Waals surface area contributed by atoms with E-state index in [4.69, 9.17) is 10.7 Å². The van der Waals surface area contributed by atoms with Gasteiger partial charge in [-0.25, -0.2) is 0 Å². The van der Waals surface area contributed by atoms with Gasteiger partial charge in [0.1, 0.15) is 0 Å². The maximum atomic E-state index is 12.2. The Balaban J connectivity index is 1.58. The third-order valence-electron chi connectivity index (χ3n) is 7.42. The molecule has 1 aliphatic rings. The monoisotopic (exact) mass is 498 g/mol. The van der Waals surface area contributed by atoms with Crippen molar-refractivity contribution in [1.82, 2.24) is 14.8 Å². The average Bonchev–Trinajstić information content (AvgIpc) is 3.42. The maximum absolute atomic E-state index is 12.2. The molecule has 0 saturated carbocycles. The van der Waals surface area contributed by atoms with Crippen LogP contribution in [0.4, 0.5) is 0 Å². The number of nitrogens with zero attached hydrogens (tertiary/aromatic N) is 3. The molecule has 1 amide bonds. The van der Waals surface area contributed by atoms with Crippen LogP contribution >= 0.6 is 11.3 Å². The minimum absolute atomic E-state index is 0.0645. The zero-order valence-corrected chi connectivity index (χ0v) is 21.9. The standard InChI is InChI=1S/C30H34N4OS/c1-3-23-24(4-2)26(30(31)35)13-12-25(23)29(27-11-5-8-21-9-6-14-32-28(21)27)34-17-15-33(16-18-34)20-22-10-7-19-36-22/h5-14,19,29H,3-4,15-18,20H2,1-2H3,(H2,31,35). The van der Waals surface area contributed by atoms with Crippen molar-refractivity contribution in [3.8, 4) is 0 Å². The fourth-order valence-electron chi connectivity index (χ4n) is 5.73. The van der Waals surface area contributed by atoms with E-state index in [1.165, 1.54) is 21.6 Å². The van der Waals surface area contributed by atoms with Crippen molar-refractivity contribution in [3.05, 3.63) is 98.9 Å². The zero-order chi connectivity index (χ0) is 25.1. The summed E-state index contributed by atoms with van der Waals surface area (Å²) in [4.78, 5) is 23.6. The van der Waals surface area contributed by atoms with E-state index in [-0.39, 0.29) is 11.9 Å². The number of piperazine rings is 1. The number of benzene rings is 2. The summed E-state index contributed by atoms with van der Waals surface area (Å²) >= 11 is 1.83. The molecule has 5 nitrogen and oxygen atoms in total. The van der Waals surface area contributed by atoms with Crippen LogP contribution in [0.15, 0.2) is 66.2 Å². The van der Waals surface area contributed by atoms with Crippen LogP contribution in [0, 0.1) is 0 Å². The van der Waals surface area contributed by atoms with Crippen molar-refractivity contribution >= 4 is 28.1 Å². The van der Waals surface area contributed by atoms with Gasteiger partial charge in [-0.2, -0.15) is 0 Å². The summed E-state index contributed by atoms with van der Waals surface area (Å²) in [5, 5.41) is 3.31. The molecular formula is C30H34N4OS. The van der Waals surface area contributed by atoms with Gasteiger partial charge in [-0.3, -0.25) is 19.6 Å². The molecule has 1 atom stereocenters. The summed E-state index contributed by atoms with van der Waals surface area (Å²) in [5.41, 5.74) is 12.3. The average molecular weight is 499 g/mol. The van der Waals surface area contributed by atoms with Gasteiger partial charge in [-0.1, -0.05) is 50.2 Å². The van der Waals surface area contributed by atoms with Gasteiger partial charge in [0.2, 0.25) is 5.91 Å². The highest BCUT2D eigenvalue weighted by molar-refractivity contribution is 7.09. The van der Waals surface area contributed by atoms with Crippen molar-refractivity contribution in [2.45, 2.75) is 39.3 Å². The van der Waals surface area contributed by atoms with E-state index in [1.807, 2.05) is 29.7 Å². The molecule has 6 heteroatoms. The largest absolute Gasteiger partial charge is 0.366 e. The van der Waals surface area contributed by atoms with Crippen LogP contribution < -0.4 is 5.73 Å². The number of primary amides is 1. The Morgan fingerprint density at radius 3 is 2.42 bits per heavy atom. The molecule has 4 aromatic rings. The molecule has 2 N–H and O–H groups in total. The molecular weight excluding hydrogens is 464 g/mol. The highest BCUT2D eigenvalue weighted by Crippen LogP contribution is 2.37. The SMILES string of the molecule is CCc1c(C(N)=O)ccc(C(c2cccc3cccnc23)N2CCN(Cc3cccs3)CC2)c1CC. The second-order valence-corrected chi connectivity index (χ2v) is 10.5. The predicted molar refractivity (Wildman–Crippen MR) is 148 cm³/mol. The molecule has 0 radical (unpaired) electrons. The first-order valence-corrected chi connectivity index (χ1v) is 13.8. The van der Waals surface area contributed by atoms with E-state index in [2.05, 4.69) is 71.5 Å². The van der Waals surface area contributed by atoms with Crippen molar-refractivity contribution in [2.75, 3.05) is 26.2 Å². The Morgan fingerprint density at radius 2 is 1.72 bits per heavy atom. The summed E-state index contributed by atoms with van der Waals surface area (Å²) in [6.07, 6.45) is 3.52. The zero-order valence-electron chi connectivity index (χ0n) is 21.1. The minimum Gasteiger partial charge on any atom is -0.366 e. The number of rotatable bonds is 8. The summed E-state index contributed by atoms with van der Waals surface area (Å²) < 4.78 is 0. The third kappa shape index (κ3) is 4.81. The van der Waals surface area contributed by atoms with E-state index >= 15 is 0 Å². The molecule has 2 aromatic carbocycles. The Hall–Kier alpha value is -3.06. The first-order chi connectivity index (χ1) is 17.6. The number of aromatic nitrogens is 1. The molecule has 186 valence electrons. The van der Waals surface area contributed by atoms with E-state index in [0.29, 0.717) is 5.56 Å². The molecule has 3 heterocycles. The smallest absolute Gasteiger partial charge is 0.248 e. The maximum Gasteiger partial charge on any atom is 0.248 e. The molecule has 0 bridgehead atoms. The molecule has 1 aliphatic heterocycles. The summed E-state index contributed by atoms with van der Waals surface area (Å²) in [5.74, 6) is -0.348. The van der Waals surface area contributed by atoms with Crippen LogP contribution in [0.3, 0.4) is 0 Å². The molecule has 0 spiro atoms. The van der Waals surface area contributed by atoms with Crippen LogP contribution in [0.5, 0.6) is 0 Å². The lowest BCUT2D eigenvalue weighted by atomic mass is 9.85. The number of carbonyl (C=O) groups is 1. The Morgan fingerprint density at radius 1 is 0.944 bits per heavy atom. The number of hydrogen-bond acceptors (Lipinski definition) is 5. The van der Waals surface area contributed by atoms with E-state index < -0.39 is 0 Å². The van der Waals surface area contributed by atoms with E-state index in [0.717, 1.165) is 62.0 Å². The van der Waals surface area contributed by atoms with Crippen molar-refractivity contribution in [1.29, 1.82) is 0 Å². The third-order valence-corrected chi connectivity index (χ3v) is 8.29. The minimum atomic E-state index is -0.348. The normalized spacial score (nSPS) is 15.8. The van der Waals surface area contributed by atoms with Crippen molar-refractivity contribution < 1.29 is 4.79 Å². The number of carbonyl (C=O) groups excluding carboxylic acids is 1. The number of amides is 1.